The van der Waals surface area contributed by atoms with Crippen molar-refractivity contribution in [2.75, 3.05) is 0 Å². The van der Waals surface area contributed by atoms with Crippen molar-refractivity contribution in [1.29, 1.82) is 0 Å². The van der Waals surface area contributed by atoms with Gasteiger partial charge in [-0.1, -0.05) is 74.6 Å². The largest absolute Gasteiger partial charge is 0.220 e. The van der Waals surface area contributed by atoms with Crippen LogP contribution in [0.5, 0.6) is 0 Å². The number of aryl methyl sites for hydroxylation is 1. The van der Waals surface area contributed by atoms with Gasteiger partial charge in [0.15, 0.2) is 0 Å². The molecule has 0 N–H and O–H groups in total. The molecule has 1 aliphatic carbocycles. The Morgan fingerprint density at radius 2 is 1.69 bits per heavy atom. The molecule has 3 heteroatoms. The molecule has 1 aliphatic rings. The molecule has 3 nitrogen and oxygen atoms in total. The number of hydrogen-bond acceptors (Lipinski definition) is 2. The first-order valence-corrected chi connectivity index (χ1v) is 9.98. The molecule has 0 saturated heterocycles. The third-order valence-corrected chi connectivity index (χ3v) is 5.37. The van der Waals surface area contributed by atoms with E-state index in [2.05, 4.69) is 65.9 Å². The highest BCUT2D eigenvalue weighted by Gasteiger charge is 2.18. The molecule has 1 heterocycles. The molecule has 2 aromatic carbocycles. The second-order valence-electron chi connectivity index (χ2n) is 7.35. The van der Waals surface area contributed by atoms with Gasteiger partial charge >= 0.3 is 0 Å². The van der Waals surface area contributed by atoms with Crippen molar-refractivity contribution in [3.63, 3.8) is 0 Å². The average Bonchev–Trinajstić information content (AvgIpc) is 3.28. The minimum absolute atomic E-state index is 1.01. The van der Waals surface area contributed by atoms with Crippen LogP contribution in [0, 0.1) is 0 Å². The summed E-state index contributed by atoms with van der Waals surface area (Å²) in [4.78, 5) is 0. The third-order valence-electron chi connectivity index (χ3n) is 5.37. The second-order valence-corrected chi connectivity index (χ2v) is 7.35. The zero-order valence-electron chi connectivity index (χ0n) is 15.6. The van der Waals surface area contributed by atoms with Crippen molar-refractivity contribution in [1.82, 2.24) is 15.0 Å². The van der Waals surface area contributed by atoms with Gasteiger partial charge in [-0.2, -0.15) is 0 Å². The Labute approximate surface area is 156 Å². The van der Waals surface area contributed by atoms with E-state index in [1.54, 1.807) is 0 Å². The van der Waals surface area contributed by atoms with E-state index in [1.165, 1.54) is 60.8 Å². The van der Waals surface area contributed by atoms with Crippen molar-refractivity contribution >= 4 is 0 Å². The van der Waals surface area contributed by atoms with Gasteiger partial charge in [-0.05, 0) is 53.6 Å². The minimum Gasteiger partial charge on any atom is -0.220 e. The van der Waals surface area contributed by atoms with Gasteiger partial charge in [0.25, 0.3) is 0 Å². The van der Waals surface area contributed by atoms with Crippen LogP contribution in [-0.2, 0) is 12.8 Å². The lowest BCUT2D eigenvalue weighted by Crippen LogP contribution is -1.96. The molecule has 4 rings (SSSR count). The molecule has 0 bridgehead atoms. The van der Waals surface area contributed by atoms with Gasteiger partial charge in [0.1, 0.15) is 0 Å². The van der Waals surface area contributed by atoms with Gasteiger partial charge in [0.05, 0.1) is 17.6 Å². The van der Waals surface area contributed by atoms with E-state index in [9.17, 15) is 0 Å². The summed E-state index contributed by atoms with van der Waals surface area (Å²) in [5, 5.41) is 8.73. The summed E-state index contributed by atoms with van der Waals surface area (Å²) in [5.74, 6) is 0. The highest BCUT2D eigenvalue weighted by molar-refractivity contribution is 5.77. The third kappa shape index (κ3) is 3.57. The molecule has 0 amide bonds. The normalized spacial score (nSPS) is 12.2. The summed E-state index contributed by atoms with van der Waals surface area (Å²) in [7, 11) is 0. The summed E-state index contributed by atoms with van der Waals surface area (Å²) < 4.78 is 1.93. The van der Waals surface area contributed by atoms with Gasteiger partial charge < -0.3 is 0 Å². The first-order chi connectivity index (χ1) is 12.8. The van der Waals surface area contributed by atoms with Crippen LogP contribution < -0.4 is 0 Å². The van der Waals surface area contributed by atoms with Crippen molar-refractivity contribution in [3.8, 4) is 16.8 Å². The lowest BCUT2D eigenvalue weighted by atomic mass is 10.1. The predicted molar refractivity (Wildman–Crippen MR) is 107 cm³/mol. The van der Waals surface area contributed by atoms with Gasteiger partial charge in [0, 0.05) is 0 Å². The average molecular weight is 345 g/mol. The second kappa shape index (κ2) is 7.86. The Hall–Kier alpha value is -2.42. The molecule has 3 aromatic rings. The Bertz CT molecular complexity index is 879. The number of rotatable bonds is 8. The standard InChI is InChI=1S/C23H27N3/c1-2-3-4-5-6-7-11-20-17-26(25-24-20)21-13-14-23-19(16-21)15-18-10-8-9-12-22(18)23/h8-10,12-14,16-17H,2-7,11,15H2,1H3. The van der Waals surface area contributed by atoms with Crippen molar-refractivity contribution in [2.24, 2.45) is 0 Å². The molecule has 0 spiro atoms. The maximum atomic E-state index is 4.37. The fourth-order valence-electron chi connectivity index (χ4n) is 3.90. The summed E-state index contributed by atoms with van der Waals surface area (Å²) in [6, 6.07) is 15.3. The smallest absolute Gasteiger partial charge is 0.0831 e. The predicted octanol–water partition coefficient (Wildman–Crippen LogP) is 5.74. The van der Waals surface area contributed by atoms with E-state index in [0.717, 1.165) is 24.2 Å². The Morgan fingerprint density at radius 3 is 2.62 bits per heavy atom. The van der Waals surface area contributed by atoms with Crippen LogP contribution in [0.25, 0.3) is 16.8 Å². The van der Waals surface area contributed by atoms with Crippen LogP contribution in [0.2, 0.25) is 0 Å². The van der Waals surface area contributed by atoms with E-state index >= 15 is 0 Å². The van der Waals surface area contributed by atoms with E-state index in [4.69, 9.17) is 0 Å². The van der Waals surface area contributed by atoms with Crippen molar-refractivity contribution in [2.45, 2.75) is 58.3 Å². The van der Waals surface area contributed by atoms with Crippen molar-refractivity contribution in [3.05, 3.63) is 65.5 Å². The van der Waals surface area contributed by atoms with E-state index in [1.807, 2.05) is 4.68 Å². The number of aromatic nitrogens is 3. The monoisotopic (exact) mass is 345 g/mol. The zero-order chi connectivity index (χ0) is 17.8. The van der Waals surface area contributed by atoms with Gasteiger partial charge in [-0.15, -0.1) is 5.10 Å². The Kier molecular flexibility index (Phi) is 5.14. The number of benzene rings is 2. The van der Waals surface area contributed by atoms with Crippen LogP contribution in [0.3, 0.4) is 0 Å². The fraction of sp³-hybridized carbons (Fsp3) is 0.391. The maximum absolute atomic E-state index is 4.37. The zero-order valence-corrected chi connectivity index (χ0v) is 15.6. The molecule has 0 aliphatic heterocycles. The molecule has 0 atom stereocenters. The van der Waals surface area contributed by atoms with Crippen LogP contribution in [0.15, 0.2) is 48.7 Å². The molecule has 26 heavy (non-hydrogen) atoms. The van der Waals surface area contributed by atoms with Gasteiger partial charge in [0.2, 0.25) is 0 Å². The van der Waals surface area contributed by atoms with Gasteiger partial charge in [-0.3, -0.25) is 0 Å². The van der Waals surface area contributed by atoms with E-state index in [0.29, 0.717) is 0 Å². The topological polar surface area (TPSA) is 30.7 Å². The summed E-state index contributed by atoms with van der Waals surface area (Å²) in [5.41, 5.74) is 7.74. The number of fused-ring (bicyclic) bond motifs is 3. The molecular formula is C23H27N3. The van der Waals surface area contributed by atoms with Crippen LogP contribution in [-0.4, -0.2) is 15.0 Å². The Morgan fingerprint density at radius 1 is 0.885 bits per heavy atom. The molecule has 0 unspecified atom stereocenters. The number of hydrogen-bond donors (Lipinski definition) is 0. The SMILES string of the molecule is CCCCCCCCc1cn(-c2ccc3c(c2)Cc2ccccc2-3)nn1. The van der Waals surface area contributed by atoms with Crippen LogP contribution in [0.4, 0.5) is 0 Å². The van der Waals surface area contributed by atoms with Crippen molar-refractivity contribution < 1.29 is 0 Å². The lowest BCUT2D eigenvalue weighted by molar-refractivity contribution is 0.604. The lowest BCUT2D eigenvalue weighted by Gasteiger charge is -2.04. The van der Waals surface area contributed by atoms with E-state index < -0.39 is 0 Å². The quantitative estimate of drug-likeness (QED) is 0.381. The summed E-state index contributed by atoms with van der Waals surface area (Å²) in [6.07, 6.45) is 12.0. The van der Waals surface area contributed by atoms with Crippen LogP contribution in [0.1, 0.15) is 62.3 Å². The van der Waals surface area contributed by atoms with Crippen LogP contribution >= 0.6 is 0 Å². The Balaban J connectivity index is 1.40. The molecular weight excluding hydrogens is 318 g/mol. The summed E-state index contributed by atoms with van der Waals surface area (Å²) in [6.45, 7) is 2.26. The first-order valence-electron chi connectivity index (χ1n) is 9.98. The molecule has 134 valence electrons. The molecule has 1 aromatic heterocycles. The minimum atomic E-state index is 1.01. The maximum Gasteiger partial charge on any atom is 0.0831 e. The highest BCUT2D eigenvalue weighted by Crippen LogP contribution is 2.37. The molecule has 0 saturated carbocycles. The number of nitrogens with zero attached hydrogens (tertiary/aromatic N) is 3. The fourth-order valence-corrected chi connectivity index (χ4v) is 3.90. The van der Waals surface area contributed by atoms with Gasteiger partial charge in [-0.25, -0.2) is 4.68 Å². The first kappa shape index (κ1) is 17.0. The molecule has 0 fully saturated rings. The number of unbranched alkanes of at least 4 members (excludes halogenated alkanes) is 5. The molecule has 0 radical (unpaired) electrons. The van der Waals surface area contributed by atoms with E-state index in [-0.39, 0.29) is 0 Å². The summed E-state index contributed by atoms with van der Waals surface area (Å²) >= 11 is 0. The highest BCUT2D eigenvalue weighted by atomic mass is 15.4.